The number of fused-ring (bicyclic) bond motifs is 1. The molecule has 2 aromatic heterocycles. The number of hydrogen-bond donors (Lipinski definition) is 2. The van der Waals surface area contributed by atoms with Crippen LogP contribution in [0.15, 0.2) is 12.4 Å². The molecule has 6 heteroatoms. The maximum atomic E-state index is 12.1. The second-order valence-corrected chi connectivity index (χ2v) is 6.27. The normalized spacial score (nSPS) is 20.9. The van der Waals surface area contributed by atoms with Gasteiger partial charge in [-0.05, 0) is 11.8 Å². The van der Waals surface area contributed by atoms with Crippen LogP contribution in [0.2, 0.25) is 0 Å². The summed E-state index contributed by atoms with van der Waals surface area (Å²) >= 11 is 1.29. The van der Waals surface area contributed by atoms with Gasteiger partial charge in [-0.1, -0.05) is 13.8 Å². The van der Waals surface area contributed by atoms with E-state index in [1.54, 1.807) is 12.4 Å². The number of nitrogens with two attached hydrogens (primary N) is 1. The minimum Gasteiger partial charge on any atom is -0.396 e. The van der Waals surface area contributed by atoms with Crippen molar-refractivity contribution in [1.29, 1.82) is 0 Å². The third-order valence-electron chi connectivity index (χ3n) is 3.39. The molecule has 2 heterocycles. The first-order valence-electron chi connectivity index (χ1n) is 5.79. The Labute approximate surface area is 108 Å². The zero-order chi connectivity index (χ0) is 12.9. The van der Waals surface area contributed by atoms with Crippen LogP contribution in [0, 0.1) is 5.41 Å². The van der Waals surface area contributed by atoms with E-state index in [0.717, 1.165) is 6.42 Å². The van der Waals surface area contributed by atoms with Crippen LogP contribution in [0.3, 0.4) is 0 Å². The number of amides is 1. The first kappa shape index (κ1) is 11.4. The maximum Gasteiger partial charge on any atom is 0.263 e. The van der Waals surface area contributed by atoms with E-state index in [1.807, 2.05) is 0 Å². The number of aromatic nitrogens is 2. The largest absolute Gasteiger partial charge is 0.396 e. The van der Waals surface area contributed by atoms with E-state index >= 15 is 0 Å². The molecule has 1 aliphatic rings. The Balaban J connectivity index is 1.90. The van der Waals surface area contributed by atoms with E-state index in [0.29, 0.717) is 20.9 Å². The van der Waals surface area contributed by atoms with Crippen molar-refractivity contribution in [1.82, 2.24) is 15.3 Å². The van der Waals surface area contributed by atoms with Crippen molar-refractivity contribution in [2.45, 2.75) is 26.3 Å². The predicted molar refractivity (Wildman–Crippen MR) is 71.5 cm³/mol. The number of hydrogen-bond acceptors (Lipinski definition) is 5. The minimum atomic E-state index is -0.118. The van der Waals surface area contributed by atoms with E-state index in [9.17, 15) is 4.79 Å². The fourth-order valence-corrected chi connectivity index (χ4v) is 2.87. The van der Waals surface area contributed by atoms with Crippen molar-refractivity contribution >= 4 is 33.3 Å². The highest BCUT2D eigenvalue weighted by Crippen LogP contribution is 2.45. The van der Waals surface area contributed by atoms with Crippen molar-refractivity contribution in [2.75, 3.05) is 5.73 Å². The number of anilines is 1. The second kappa shape index (κ2) is 3.65. The lowest BCUT2D eigenvalue weighted by atomic mass is 10.2. The molecule has 3 N–H and O–H groups in total. The Hall–Kier alpha value is -1.69. The topological polar surface area (TPSA) is 80.9 Å². The van der Waals surface area contributed by atoms with E-state index < -0.39 is 0 Å². The molecule has 1 atom stereocenters. The summed E-state index contributed by atoms with van der Waals surface area (Å²) in [6.07, 6.45) is 4.20. The standard InChI is InChI=1S/C12H14N4OS/c1-12(2)5-6(12)16-10(17)9-7(13)8-11(18-9)15-4-3-14-8/h3-4,6H,5,13H2,1-2H3,(H,16,17). The van der Waals surface area contributed by atoms with Crippen LogP contribution in [0.4, 0.5) is 5.69 Å². The SMILES string of the molecule is CC1(C)CC1NC(=O)c1sc2nccnc2c1N. The summed E-state index contributed by atoms with van der Waals surface area (Å²) < 4.78 is 0. The molecule has 94 valence electrons. The van der Waals surface area contributed by atoms with Gasteiger partial charge in [0.25, 0.3) is 5.91 Å². The van der Waals surface area contributed by atoms with Crippen LogP contribution < -0.4 is 11.1 Å². The molecule has 0 spiro atoms. The Morgan fingerprint density at radius 1 is 1.50 bits per heavy atom. The number of carbonyl (C=O) groups excluding carboxylic acids is 1. The Kier molecular flexibility index (Phi) is 2.31. The van der Waals surface area contributed by atoms with Crippen molar-refractivity contribution in [3.05, 3.63) is 17.3 Å². The molecule has 0 radical (unpaired) electrons. The monoisotopic (exact) mass is 262 g/mol. The second-order valence-electron chi connectivity index (χ2n) is 5.27. The highest BCUT2D eigenvalue weighted by atomic mass is 32.1. The van der Waals surface area contributed by atoms with Gasteiger partial charge in [0.1, 0.15) is 15.2 Å². The predicted octanol–water partition coefficient (Wildman–Crippen LogP) is 1.80. The van der Waals surface area contributed by atoms with Crippen LogP contribution in [0.5, 0.6) is 0 Å². The summed E-state index contributed by atoms with van der Waals surface area (Å²) in [5.41, 5.74) is 7.20. The summed E-state index contributed by atoms with van der Waals surface area (Å²) in [5, 5.41) is 3.00. The lowest BCUT2D eigenvalue weighted by Crippen LogP contribution is -2.28. The summed E-state index contributed by atoms with van der Waals surface area (Å²) in [4.78, 5) is 21.7. The maximum absolute atomic E-state index is 12.1. The van der Waals surface area contributed by atoms with Crippen LogP contribution >= 0.6 is 11.3 Å². The molecule has 1 fully saturated rings. The van der Waals surface area contributed by atoms with Gasteiger partial charge >= 0.3 is 0 Å². The fraction of sp³-hybridized carbons (Fsp3) is 0.417. The van der Waals surface area contributed by atoms with E-state index in [2.05, 4.69) is 29.1 Å². The van der Waals surface area contributed by atoms with Gasteiger partial charge in [-0.3, -0.25) is 4.79 Å². The van der Waals surface area contributed by atoms with E-state index in [1.165, 1.54) is 11.3 Å². The van der Waals surface area contributed by atoms with E-state index in [-0.39, 0.29) is 17.4 Å². The zero-order valence-electron chi connectivity index (χ0n) is 10.2. The van der Waals surface area contributed by atoms with Crippen LogP contribution in [0.25, 0.3) is 10.3 Å². The molecule has 1 amide bonds. The highest BCUT2D eigenvalue weighted by Gasteiger charge is 2.46. The van der Waals surface area contributed by atoms with Crippen molar-refractivity contribution in [2.24, 2.45) is 5.41 Å². The molecule has 0 aliphatic heterocycles. The average Bonchev–Trinajstić information content (AvgIpc) is 2.78. The average molecular weight is 262 g/mol. The fourth-order valence-electron chi connectivity index (χ4n) is 1.95. The molecule has 5 nitrogen and oxygen atoms in total. The summed E-state index contributed by atoms with van der Waals surface area (Å²) in [7, 11) is 0. The number of nitrogen functional groups attached to an aromatic ring is 1. The quantitative estimate of drug-likeness (QED) is 0.864. The summed E-state index contributed by atoms with van der Waals surface area (Å²) in [6, 6.07) is 0.246. The first-order chi connectivity index (χ1) is 8.49. The molecule has 18 heavy (non-hydrogen) atoms. The van der Waals surface area contributed by atoms with E-state index in [4.69, 9.17) is 5.73 Å². The number of thiophene rings is 1. The number of carbonyl (C=O) groups is 1. The number of rotatable bonds is 2. The lowest BCUT2D eigenvalue weighted by Gasteiger charge is -2.05. The van der Waals surface area contributed by atoms with Gasteiger partial charge in [0.05, 0.1) is 5.69 Å². The van der Waals surface area contributed by atoms with Crippen LogP contribution in [-0.2, 0) is 0 Å². The van der Waals surface area contributed by atoms with Gasteiger partial charge < -0.3 is 11.1 Å². The summed E-state index contributed by atoms with van der Waals surface area (Å²) in [5.74, 6) is -0.118. The molecule has 3 rings (SSSR count). The first-order valence-corrected chi connectivity index (χ1v) is 6.60. The van der Waals surface area contributed by atoms with Crippen LogP contribution in [-0.4, -0.2) is 21.9 Å². The molecule has 0 bridgehead atoms. The molecule has 1 unspecified atom stereocenters. The van der Waals surface area contributed by atoms with Gasteiger partial charge in [0.2, 0.25) is 0 Å². The summed E-state index contributed by atoms with van der Waals surface area (Å²) in [6.45, 7) is 4.27. The minimum absolute atomic E-state index is 0.118. The zero-order valence-corrected chi connectivity index (χ0v) is 11.0. The molecular weight excluding hydrogens is 248 g/mol. The van der Waals surface area contributed by atoms with Gasteiger partial charge in [-0.2, -0.15) is 0 Å². The van der Waals surface area contributed by atoms with Gasteiger partial charge in [0, 0.05) is 18.4 Å². The number of nitrogens with one attached hydrogen (secondary N) is 1. The van der Waals surface area contributed by atoms with Gasteiger partial charge in [-0.25, -0.2) is 9.97 Å². The third kappa shape index (κ3) is 1.73. The molecule has 0 saturated heterocycles. The highest BCUT2D eigenvalue weighted by molar-refractivity contribution is 7.21. The Bertz CT molecular complexity index is 634. The smallest absolute Gasteiger partial charge is 0.263 e. The molecule has 1 saturated carbocycles. The van der Waals surface area contributed by atoms with Crippen LogP contribution in [0.1, 0.15) is 29.9 Å². The van der Waals surface area contributed by atoms with Crippen molar-refractivity contribution in [3.8, 4) is 0 Å². The molecule has 2 aromatic rings. The van der Waals surface area contributed by atoms with Gasteiger partial charge in [-0.15, -0.1) is 11.3 Å². The number of nitrogens with zero attached hydrogens (tertiary/aromatic N) is 2. The molecule has 0 aromatic carbocycles. The van der Waals surface area contributed by atoms with Gasteiger partial charge in [0.15, 0.2) is 0 Å². The molecule has 1 aliphatic carbocycles. The Morgan fingerprint density at radius 2 is 2.17 bits per heavy atom. The van der Waals surface area contributed by atoms with Crippen molar-refractivity contribution in [3.63, 3.8) is 0 Å². The Morgan fingerprint density at radius 3 is 2.78 bits per heavy atom. The molecular formula is C12H14N4OS. The van der Waals surface area contributed by atoms with Crippen molar-refractivity contribution < 1.29 is 4.79 Å². The lowest BCUT2D eigenvalue weighted by molar-refractivity contribution is 0.0951. The third-order valence-corrected chi connectivity index (χ3v) is 4.49.